The van der Waals surface area contributed by atoms with Crippen molar-refractivity contribution in [3.63, 3.8) is 0 Å². The molecule has 3 aromatic rings. The first-order chi connectivity index (χ1) is 17.5. The zero-order chi connectivity index (χ0) is 25.5. The minimum absolute atomic E-state index is 0.200. The van der Waals surface area contributed by atoms with Crippen LogP contribution in [0.2, 0.25) is 0 Å². The fraction of sp³-hybridized carbons (Fsp3) is 0.310. The highest BCUT2D eigenvalue weighted by Gasteiger charge is 2.39. The summed E-state index contributed by atoms with van der Waals surface area (Å²) in [7, 11) is 3.14. The van der Waals surface area contributed by atoms with Gasteiger partial charge in [0.2, 0.25) is 11.8 Å². The van der Waals surface area contributed by atoms with Gasteiger partial charge in [0.1, 0.15) is 6.04 Å². The van der Waals surface area contributed by atoms with Crippen molar-refractivity contribution < 1.29 is 19.1 Å². The number of ether oxygens (including phenoxy) is 2. The van der Waals surface area contributed by atoms with Crippen molar-refractivity contribution in [2.75, 3.05) is 20.8 Å². The predicted octanol–water partition coefficient (Wildman–Crippen LogP) is 3.47. The number of benzene rings is 3. The Morgan fingerprint density at radius 3 is 2.17 bits per heavy atom. The molecule has 1 heterocycles. The molecule has 1 aliphatic heterocycles. The van der Waals surface area contributed by atoms with E-state index in [4.69, 9.17) is 15.2 Å². The number of carbonyl (C=O) groups excluding carboxylic acids is 2. The third-order valence-corrected chi connectivity index (χ3v) is 6.74. The molecular weight excluding hydrogens is 454 g/mol. The van der Waals surface area contributed by atoms with Crippen LogP contribution < -0.4 is 20.5 Å². The number of nitrogens with two attached hydrogens (primary N) is 1. The molecule has 1 aliphatic rings. The van der Waals surface area contributed by atoms with Gasteiger partial charge in [0.25, 0.3) is 0 Å². The molecule has 1 unspecified atom stereocenters. The molecule has 1 saturated heterocycles. The Labute approximate surface area is 212 Å². The van der Waals surface area contributed by atoms with Crippen LogP contribution in [-0.4, -0.2) is 49.6 Å². The summed E-state index contributed by atoms with van der Waals surface area (Å²) in [6, 6.07) is 23.8. The number of hydrogen-bond donors (Lipinski definition) is 2. The summed E-state index contributed by atoms with van der Waals surface area (Å²) in [4.78, 5) is 28.5. The van der Waals surface area contributed by atoms with E-state index in [-0.39, 0.29) is 24.3 Å². The second-order valence-electron chi connectivity index (χ2n) is 8.88. The van der Waals surface area contributed by atoms with E-state index in [2.05, 4.69) is 5.32 Å². The number of likely N-dealkylation sites (tertiary alicyclic amines) is 1. The second kappa shape index (κ2) is 11.7. The molecule has 1 fully saturated rings. The number of carbonyl (C=O) groups is 2. The van der Waals surface area contributed by atoms with Crippen LogP contribution in [-0.2, 0) is 16.1 Å². The SMILES string of the molecule is COc1cccc(CNC(=O)[C@@H]2CCCN2C(=O)C(N)C(c2ccccc2)c2ccccc2)c1OC. The highest BCUT2D eigenvalue weighted by atomic mass is 16.5. The Hall–Kier alpha value is -3.84. The number of methoxy groups -OCH3 is 2. The summed E-state index contributed by atoms with van der Waals surface area (Å²) in [6.07, 6.45) is 1.35. The molecule has 0 spiro atoms. The molecule has 4 rings (SSSR count). The first-order valence-electron chi connectivity index (χ1n) is 12.2. The van der Waals surface area contributed by atoms with E-state index in [0.29, 0.717) is 24.5 Å². The molecule has 7 nitrogen and oxygen atoms in total. The molecule has 0 bridgehead atoms. The fourth-order valence-electron chi connectivity index (χ4n) is 4.96. The van der Waals surface area contributed by atoms with E-state index in [1.54, 1.807) is 25.2 Å². The second-order valence-corrected chi connectivity index (χ2v) is 8.88. The number of amides is 2. The van der Waals surface area contributed by atoms with Gasteiger partial charge in [-0.05, 0) is 30.0 Å². The van der Waals surface area contributed by atoms with Crippen LogP contribution in [0.1, 0.15) is 35.4 Å². The van der Waals surface area contributed by atoms with Crippen LogP contribution in [0, 0.1) is 0 Å². The average Bonchev–Trinajstić information content (AvgIpc) is 3.42. The van der Waals surface area contributed by atoms with Crippen molar-refractivity contribution in [3.8, 4) is 11.5 Å². The molecule has 0 radical (unpaired) electrons. The van der Waals surface area contributed by atoms with E-state index in [1.807, 2.05) is 72.8 Å². The van der Waals surface area contributed by atoms with Crippen molar-refractivity contribution in [3.05, 3.63) is 95.6 Å². The van der Waals surface area contributed by atoms with Gasteiger partial charge in [0, 0.05) is 24.6 Å². The van der Waals surface area contributed by atoms with Gasteiger partial charge in [0.15, 0.2) is 11.5 Å². The molecule has 36 heavy (non-hydrogen) atoms. The van der Waals surface area contributed by atoms with Crippen molar-refractivity contribution >= 4 is 11.8 Å². The van der Waals surface area contributed by atoms with Crippen molar-refractivity contribution in [2.45, 2.75) is 37.4 Å². The minimum atomic E-state index is -0.818. The van der Waals surface area contributed by atoms with Gasteiger partial charge >= 0.3 is 0 Å². The van der Waals surface area contributed by atoms with Crippen molar-refractivity contribution in [2.24, 2.45) is 5.73 Å². The van der Waals surface area contributed by atoms with Gasteiger partial charge in [-0.3, -0.25) is 9.59 Å². The van der Waals surface area contributed by atoms with Gasteiger partial charge in [-0.1, -0.05) is 72.8 Å². The van der Waals surface area contributed by atoms with Crippen LogP contribution in [0.4, 0.5) is 0 Å². The fourth-order valence-corrected chi connectivity index (χ4v) is 4.96. The Bertz CT molecular complexity index is 1130. The van der Waals surface area contributed by atoms with Crippen LogP contribution in [0.3, 0.4) is 0 Å². The maximum absolute atomic E-state index is 13.7. The van der Waals surface area contributed by atoms with E-state index in [9.17, 15) is 9.59 Å². The number of hydrogen-bond acceptors (Lipinski definition) is 5. The highest BCUT2D eigenvalue weighted by molar-refractivity contribution is 5.91. The number of nitrogens with zero attached hydrogens (tertiary/aromatic N) is 1. The highest BCUT2D eigenvalue weighted by Crippen LogP contribution is 2.32. The lowest BCUT2D eigenvalue weighted by Crippen LogP contribution is -2.52. The molecule has 0 aromatic heterocycles. The van der Waals surface area contributed by atoms with E-state index >= 15 is 0 Å². The zero-order valence-electron chi connectivity index (χ0n) is 20.7. The van der Waals surface area contributed by atoms with E-state index in [1.165, 1.54) is 0 Å². The Morgan fingerprint density at radius 2 is 1.58 bits per heavy atom. The average molecular weight is 488 g/mol. The third-order valence-electron chi connectivity index (χ3n) is 6.74. The van der Waals surface area contributed by atoms with Gasteiger partial charge in [-0.15, -0.1) is 0 Å². The van der Waals surface area contributed by atoms with Gasteiger partial charge in [0.05, 0.1) is 20.3 Å². The standard InChI is InChI=1S/C29H33N3O4/c1-35-24-17-9-15-22(27(24)36-2)19-31-28(33)23-16-10-18-32(23)29(34)26(30)25(20-11-5-3-6-12-20)21-13-7-4-8-14-21/h3-9,11-15,17,23,25-26H,10,16,18-19,30H2,1-2H3,(H,31,33)/t23-,26?/m0/s1. The van der Waals surface area contributed by atoms with Crippen LogP contribution in [0.5, 0.6) is 11.5 Å². The lowest BCUT2D eigenvalue weighted by atomic mass is 9.84. The zero-order valence-corrected chi connectivity index (χ0v) is 20.7. The van der Waals surface area contributed by atoms with Gasteiger partial charge in [-0.25, -0.2) is 0 Å². The summed E-state index contributed by atoms with van der Waals surface area (Å²) < 4.78 is 10.8. The Balaban J connectivity index is 1.50. The maximum Gasteiger partial charge on any atom is 0.243 e. The summed E-state index contributed by atoms with van der Waals surface area (Å²) in [5, 5.41) is 2.97. The molecular formula is C29H33N3O4. The van der Waals surface area contributed by atoms with Gasteiger partial charge < -0.3 is 25.4 Å². The summed E-state index contributed by atoms with van der Waals surface area (Å²) in [6.45, 7) is 0.768. The van der Waals surface area contributed by atoms with Crippen LogP contribution in [0.25, 0.3) is 0 Å². The Kier molecular flexibility index (Phi) is 8.23. The monoisotopic (exact) mass is 487 g/mol. The molecule has 7 heteroatoms. The molecule has 0 aliphatic carbocycles. The summed E-state index contributed by atoms with van der Waals surface area (Å²) in [5.74, 6) is 0.444. The van der Waals surface area contributed by atoms with Crippen LogP contribution in [0.15, 0.2) is 78.9 Å². The molecule has 0 saturated carbocycles. The maximum atomic E-state index is 13.7. The molecule has 2 amide bonds. The first-order valence-corrected chi connectivity index (χ1v) is 12.2. The number of nitrogens with one attached hydrogen (secondary N) is 1. The van der Waals surface area contributed by atoms with E-state index in [0.717, 1.165) is 23.1 Å². The van der Waals surface area contributed by atoms with Gasteiger partial charge in [-0.2, -0.15) is 0 Å². The number of rotatable bonds is 9. The number of para-hydroxylation sites is 1. The largest absolute Gasteiger partial charge is 0.493 e. The van der Waals surface area contributed by atoms with Crippen molar-refractivity contribution in [1.82, 2.24) is 10.2 Å². The summed E-state index contributed by atoms with van der Waals surface area (Å²) in [5.41, 5.74) is 9.38. The predicted molar refractivity (Wildman–Crippen MR) is 139 cm³/mol. The van der Waals surface area contributed by atoms with Crippen LogP contribution >= 0.6 is 0 Å². The topological polar surface area (TPSA) is 93.9 Å². The molecule has 3 N–H and O–H groups in total. The molecule has 188 valence electrons. The normalized spacial score (nSPS) is 16.0. The third kappa shape index (κ3) is 5.36. The Morgan fingerprint density at radius 1 is 0.944 bits per heavy atom. The summed E-state index contributed by atoms with van der Waals surface area (Å²) >= 11 is 0. The molecule has 3 aromatic carbocycles. The smallest absolute Gasteiger partial charge is 0.243 e. The lowest BCUT2D eigenvalue weighted by Gasteiger charge is -2.31. The molecule has 2 atom stereocenters. The van der Waals surface area contributed by atoms with E-state index < -0.39 is 12.1 Å². The van der Waals surface area contributed by atoms with Crippen molar-refractivity contribution in [1.29, 1.82) is 0 Å². The first kappa shape index (κ1) is 25.3. The minimum Gasteiger partial charge on any atom is -0.493 e. The lowest BCUT2D eigenvalue weighted by molar-refractivity contribution is -0.139. The quantitative estimate of drug-likeness (QED) is 0.482.